The highest BCUT2D eigenvalue weighted by Crippen LogP contribution is 2.05. The van der Waals surface area contributed by atoms with E-state index in [1.807, 2.05) is 0 Å². The van der Waals surface area contributed by atoms with Gasteiger partial charge in [-0.3, -0.25) is 4.90 Å². The Morgan fingerprint density at radius 3 is 2.56 bits per heavy atom. The predicted octanol–water partition coefficient (Wildman–Crippen LogP) is 0.315. The molecule has 0 amide bonds. The third-order valence-electron chi connectivity index (χ3n) is 3.18. The maximum absolute atomic E-state index is 8.97. The molecular weight excluding hydrogens is 204 g/mol. The summed E-state index contributed by atoms with van der Waals surface area (Å²) in [5, 5.41) is 12.5. The van der Waals surface area contributed by atoms with Crippen LogP contribution in [0.15, 0.2) is 0 Å². The van der Waals surface area contributed by atoms with Crippen molar-refractivity contribution >= 4 is 0 Å². The second-order valence-electron chi connectivity index (χ2n) is 4.77. The van der Waals surface area contributed by atoms with E-state index in [1.54, 1.807) is 0 Å². The molecule has 4 heteroatoms. The molecule has 16 heavy (non-hydrogen) atoms. The molecule has 0 aliphatic carbocycles. The molecule has 0 aromatic rings. The maximum Gasteiger partial charge on any atom is 0.0594 e. The van der Waals surface area contributed by atoms with Gasteiger partial charge in [0.05, 0.1) is 13.2 Å². The number of aliphatic hydroxyl groups excluding tert-OH is 1. The van der Waals surface area contributed by atoms with Crippen LogP contribution in [0.5, 0.6) is 0 Å². The number of nitrogens with zero attached hydrogens (tertiary/aromatic N) is 1. The lowest BCUT2D eigenvalue weighted by Crippen LogP contribution is -2.43. The molecule has 96 valence electrons. The first-order valence-electron chi connectivity index (χ1n) is 6.38. The van der Waals surface area contributed by atoms with Gasteiger partial charge in [0.1, 0.15) is 0 Å². The number of ether oxygens (including phenoxy) is 1. The SMILES string of the molecule is CC(C)C(CCO)NCCN1CCOCC1. The zero-order valence-electron chi connectivity index (χ0n) is 10.6. The fourth-order valence-electron chi connectivity index (χ4n) is 2.04. The summed E-state index contributed by atoms with van der Waals surface area (Å²) in [6.07, 6.45) is 0.848. The number of aliphatic hydroxyl groups is 1. The number of nitrogens with one attached hydrogen (secondary N) is 1. The van der Waals surface area contributed by atoms with Crippen molar-refractivity contribution in [2.75, 3.05) is 46.0 Å². The van der Waals surface area contributed by atoms with Crippen LogP contribution in [0.2, 0.25) is 0 Å². The summed E-state index contributed by atoms with van der Waals surface area (Å²) >= 11 is 0. The number of hydrogen-bond acceptors (Lipinski definition) is 4. The summed E-state index contributed by atoms with van der Waals surface area (Å²) < 4.78 is 5.31. The number of hydrogen-bond donors (Lipinski definition) is 2. The Morgan fingerprint density at radius 2 is 2.00 bits per heavy atom. The van der Waals surface area contributed by atoms with Gasteiger partial charge in [-0.1, -0.05) is 13.8 Å². The molecule has 1 fully saturated rings. The fourth-order valence-corrected chi connectivity index (χ4v) is 2.04. The van der Waals surface area contributed by atoms with Gasteiger partial charge in [-0.25, -0.2) is 0 Å². The maximum atomic E-state index is 8.97. The molecule has 0 spiro atoms. The molecular formula is C12H26N2O2. The van der Waals surface area contributed by atoms with E-state index in [4.69, 9.17) is 9.84 Å². The fraction of sp³-hybridized carbons (Fsp3) is 1.00. The topological polar surface area (TPSA) is 44.7 Å². The second-order valence-corrected chi connectivity index (χ2v) is 4.77. The summed E-state index contributed by atoms with van der Waals surface area (Å²) in [4.78, 5) is 2.42. The van der Waals surface area contributed by atoms with E-state index in [9.17, 15) is 0 Å². The van der Waals surface area contributed by atoms with Gasteiger partial charge in [-0.05, 0) is 12.3 Å². The van der Waals surface area contributed by atoms with Crippen LogP contribution in [-0.4, -0.2) is 62.0 Å². The Bertz CT molecular complexity index is 170. The molecule has 0 aromatic heterocycles. The lowest BCUT2D eigenvalue weighted by Gasteiger charge is -2.28. The average molecular weight is 230 g/mol. The quantitative estimate of drug-likeness (QED) is 0.661. The van der Waals surface area contributed by atoms with Crippen LogP contribution in [0.1, 0.15) is 20.3 Å². The highest BCUT2D eigenvalue weighted by molar-refractivity contribution is 4.71. The Morgan fingerprint density at radius 1 is 1.31 bits per heavy atom. The van der Waals surface area contributed by atoms with Gasteiger partial charge < -0.3 is 15.2 Å². The molecule has 1 heterocycles. The molecule has 0 saturated carbocycles. The minimum absolute atomic E-state index is 0.271. The Labute approximate surface area is 99.0 Å². The van der Waals surface area contributed by atoms with Crippen molar-refractivity contribution in [3.05, 3.63) is 0 Å². The second kappa shape index (κ2) is 8.01. The molecule has 1 saturated heterocycles. The molecule has 1 unspecified atom stereocenters. The van der Waals surface area contributed by atoms with Crippen molar-refractivity contribution in [1.29, 1.82) is 0 Å². The largest absolute Gasteiger partial charge is 0.396 e. The van der Waals surface area contributed by atoms with E-state index in [0.29, 0.717) is 12.0 Å². The van der Waals surface area contributed by atoms with Crippen molar-refractivity contribution in [2.24, 2.45) is 5.92 Å². The van der Waals surface area contributed by atoms with Gasteiger partial charge in [0, 0.05) is 38.8 Å². The summed E-state index contributed by atoms with van der Waals surface area (Å²) in [7, 11) is 0. The lowest BCUT2D eigenvalue weighted by molar-refractivity contribution is 0.0378. The van der Waals surface area contributed by atoms with E-state index in [1.165, 1.54) is 0 Å². The highest BCUT2D eigenvalue weighted by Gasteiger charge is 2.13. The van der Waals surface area contributed by atoms with Crippen LogP contribution in [0.3, 0.4) is 0 Å². The molecule has 1 aliphatic rings. The van der Waals surface area contributed by atoms with Crippen LogP contribution in [0.4, 0.5) is 0 Å². The monoisotopic (exact) mass is 230 g/mol. The standard InChI is InChI=1S/C12H26N2O2/c1-11(2)12(3-8-15)13-4-5-14-6-9-16-10-7-14/h11-13,15H,3-10H2,1-2H3. The zero-order valence-corrected chi connectivity index (χ0v) is 10.6. The molecule has 1 aliphatic heterocycles. The van der Waals surface area contributed by atoms with Crippen molar-refractivity contribution in [3.8, 4) is 0 Å². The molecule has 4 nitrogen and oxygen atoms in total. The van der Waals surface area contributed by atoms with Crippen LogP contribution in [-0.2, 0) is 4.74 Å². The molecule has 0 aromatic carbocycles. The van der Waals surface area contributed by atoms with Crippen LogP contribution < -0.4 is 5.32 Å². The van der Waals surface area contributed by atoms with Gasteiger partial charge >= 0.3 is 0 Å². The molecule has 1 rings (SSSR count). The van der Waals surface area contributed by atoms with Gasteiger partial charge in [0.2, 0.25) is 0 Å². The third kappa shape index (κ3) is 5.25. The van der Waals surface area contributed by atoms with Crippen molar-refractivity contribution < 1.29 is 9.84 Å². The van der Waals surface area contributed by atoms with Crippen molar-refractivity contribution in [3.63, 3.8) is 0 Å². The van der Waals surface area contributed by atoms with E-state index in [0.717, 1.165) is 45.8 Å². The Balaban J connectivity index is 2.11. The molecule has 2 N–H and O–H groups in total. The van der Waals surface area contributed by atoms with E-state index in [2.05, 4.69) is 24.1 Å². The van der Waals surface area contributed by atoms with Crippen LogP contribution in [0, 0.1) is 5.92 Å². The highest BCUT2D eigenvalue weighted by atomic mass is 16.5. The Kier molecular flexibility index (Phi) is 6.96. The van der Waals surface area contributed by atoms with Crippen molar-refractivity contribution in [2.45, 2.75) is 26.3 Å². The average Bonchev–Trinajstić information content (AvgIpc) is 2.29. The summed E-state index contributed by atoms with van der Waals surface area (Å²) in [5.41, 5.74) is 0. The van der Waals surface area contributed by atoms with E-state index < -0.39 is 0 Å². The van der Waals surface area contributed by atoms with E-state index >= 15 is 0 Å². The first kappa shape index (κ1) is 13.9. The number of morpholine rings is 1. The molecule has 0 radical (unpaired) electrons. The van der Waals surface area contributed by atoms with Crippen LogP contribution >= 0.6 is 0 Å². The zero-order chi connectivity index (χ0) is 11.8. The lowest BCUT2D eigenvalue weighted by atomic mass is 10.0. The van der Waals surface area contributed by atoms with Gasteiger partial charge in [-0.15, -0.1) is 0 Å². The summed E-state index contributed by atoms with van der Waals surface area (Å²) in [6, 6.07) is 0.436. The van der Waals surface area contributed by atoms with Gasteiger partial charge in [0.15, 0.2) is 0 Å². The predicted molar refractivity (Wildman–Crippen MR) is 65.6 cm³/mol. The molecule has 1 atom stereocenters. The summed E-state index contributed by atoms with van der Waals surface area (Å²) in [6.45, 7) is 10.6. The van der Waals surface area contributed by atoms with Crippen molar-refractivity contribution in [1.82, 2.24) is 10.2 Å². The Hall–Kier alpha value is -0.160. The number of rotatable bonds is 7. The first-order valence-corrected chi connectivity index (χ1v) is 6.38. The summed E-state index contributed by atoms with van der Waals surface area (Å²) in [5.74, 6) is 0.580. The smallest absolute Gasteiger partial charge is 0.0594 e. The van der Waals surface area contributed by atoms with Crippen LogP contribution in [0.25, 0.3) is 0 Å². The van der Waals surface area contributed by atoms with E-state index in [-0.39, 0.29) is 6.61 Å². The van der Waals surface area contributed by atoms with Gasteiger partial charge in [-0.2, -0.15) is 0 Å². The first-order chi connectivity index (χ1) is 7.74. The minimum Gasteiger partial charge on any atom is -0.396 e. The molecule has 0 bridgehead atoms. The minimum atomic E-state index is 0.271. The third-order valence-corrected chi connectivity index (χ3v) is 3.18. The van der Waals surface area contributed by atoms with Gasteiger partial charge in [0.25, 0.3) is 0 Å². The normalized spacial score (nSPS) is 20.2.